The van der Waals surface area contributed by atoms with Crippen LogP contribution < -0.4 is 5.73 Å². The fourth-order valence-corrected chi connectivity index (χ4v) is 1.22. The van der Waals surface area contributed by atoms with Crippen molar-refractivity contribution in [2.45, 2.75) is 38.3 Å². The Morgan fingerprint density at radius 3 is 2.40 bits per heavy atom. The second-order valence-corrected chi connectivity index (χ2v) is 3.83. The number of rotatable bonds is 3. The van der Waals surface area contributed by atoms with E-state index in [-0.39, 0.29) is 5.60 Å². The molecule has 2 nitrogen and oxygen atoms in total. The molecular weight excluding hydrogens is 126 g/mol. The summed E-state index contributed by atoms with van der Waals surface area (Å²) in [5.41, 5.74) is 5.70. The molecule has 10 heavy (non-hydrogen) atoms. The van der Waals surface area contributed by atoms with Crippen molar-refractivity contribution in [3.63, 3.8) is 0 Å². The van der Waals surface area contributed by atoms with Crippen LogP contribution in [0.25, 0.3) is 0 Å². The summed E-state index contributed by atoms with van der Waals surface area (Å²) >= 11 is 0. The third-order valence-corrected chi connectivity index (χ3v) is 2.28. The Bertz CT molecular complexity index is 122. The van der Waals surface area contributed by atoms with Gasteiger partial charge in [0.25, 0.3) is 0 Å². The van der Waals surface area contributed by atoms with E-state index in [1.807, 2.05) is 0 Å². The molecule has 0 aromatic carbocycles. The minimum atomic E-state index is 0.0266. The first-order valence-electron chi connectivity index (χ1n) is 3.86. The van der Waals surface area contributed by atoms with Crippen molar-refractivity contribution in [2.24, 2.45) is 11.7 Å². The quantitative estimate of drug-likeness (QED) is 0.643. The molecule has 0 aromatic rings. The summed E-state index contributed by atoms with van der Waals surface area (Å²) in [6.07, 6.45) is 2.29. The molecule has 0 radical (unpaired) electrons. The number of nitrogens with two attached hydrogens (primary N) is 1. The molecule has 0 amide bonds. The van der Waals surface area contributed by atoms with Gasteiger partial charge in [-0.05, 0) is 32.6 Å². The average Bonchev–Trinajstić information content (AvgIpc) is 2.46. The van der Waals surface area contributed by atoms with Crippen LogP contribution in [0, 0.1) is 5.92 Å². The molecule has 0 spiro atoms. The second-order valence-electron chi connectivity index (χ2n) is 3.83. The molecule has 1 saturated carbocycles. The zero-order valence-corrected chi connectivity index (χ0v) is 7.05. The summed E-state index contributed by atoms with van der Waals surface area (Å²) in [6.45, 7) is 4.22. The number of hydrogen-bond donors (Lipinski definition) is 1. The van der Waals surface area contributed by atoms with E-state index in [0.717, 1.165) is 12.3 Å². The monoisotopic (exact) mass is 143 g/mol. The Morgan fingerprint density at radius 2 is 2.10 bits per heavy atom. The summed E-state index contributed by atoms with van der Waals surface area (Å²) in [5.74, 6) is 0.718. The van der Waals surface area contributed by atoms with Crippen LogP contribution in [0.2, 0.25) is 0 Å². The molecule has 2 N–H and O–H groups in total. The highest BCUT2D eigenvalue weighted by Gasteiger charge is 2.37. The minimum Gasteiger partial charge on any atom is -0.379 e. The second kappa shape index (κ2) is 2.51. The molecule has 60 valence electrons. The topological polar surface area (TPSA) is 35.2 Å². The Morgan fingerprint density at radius 1 is 1.60 bits per heavy atom. The summed E-state index contributed by atoms with van der Waals surface area (Å²) in [4.78, 5) is 0. The first-order valence-corrected chi connectivity index (χ1v) is 3.86. The third kappa shape index (κ3) is 1.96. The molecule has 2 heteroatoms. The van der Waals surface area contributed by atoms with Crippen LogP contribution in [-0.4, -0.2) is 18.8 Å². The predicted molar refractivity (Wildman–Crippen MR) is 41.8 cm³/mol. The van der Waals surface area contributed by atoms with Crippen LogP contribution in [0.1, 0.15) is 26.7 Å². The Hall–Kier alpha value is -0.0800. The molecule has 1 aliphatic carbocycles. The standard InChI is InChI=1S/C8H17NO/c1-8(2,10-3)5-6-4-7(6)9/h6-7H,4-5,9H2,1-3H3. The van der Waals surface area contributed by atoms with E-state index in [0.29, 0.717) is 6.04 Å². The van der Waals surface area contributed by atoms with Crippen molar-refractivity contribution in [1.82, 2.24) is 0 Å². The molecular formula is C8H17NO. The van der Waals surface area contributed by atoms with Gasteiger partial charge in [0, 0.05) is 13.2 Å². The summed E-state index contributed by atoms with van der Waals surface area (Å²) in [7, 11) is 1.76. The average molecular weight is 143 g/mol. The lowest BCUT2D eigenvalue weighted by molar-refractivity contribution is 0.0105. The lowest BCUT2D eigenvalue weighted by atomic mass is 10.0. The Kier molecular flexibility index (Phi) is 2.02. The highest BCUT2D eigenvalue weighted by Crippen LogP contribution is 2.36. The van der Waals surface area contributed by atoms with E-state index < -0.39 is 0 Å². The largest absolute Gasteiger partial charge is 0.379 e. The number of hydrogen-bond acceptors (Lipinski definition) is 2. The first kappa shape index (κ1) is 8.02. The molecule has 2 atom stereocenters. The Balaban J connectivity index is 2.24. The van der Waals surface area contributed by atoms with E-state index >= 15 is 0 Å². The highest BCUT2D eigenvalue weighted by atomic mass is 16.5. The van der Waals surface area contributed by atoms with Gasteiger partial charge in [0.05, 0.1) is 5.60 Å². The van der Waals surface area contributed by atoms with Crippen molar-refractivity contribution in [3.8, 4) is 0 Å². The SMILES string of the molecule is COC(C)(C)CC1CC1N. The van der Waals surface area contributed by atoms with Crippen molar-refractivity contribution >= 4 is 0 Å². The third-order valence-electron chi connectivity index (χ3n) is 2.28. The van der Waals surface area contributed by atoms with Crippen LogP contribution in [0.5, 0.6) is 0 Å². The van der Waals surface area contributed by atoms with Gasteiger partial charge in [0.2, 0.25) is 0 Å². The minimum absolute atomic E-state index is 0.0266. The molecule has 1 rings (SSSR count). The van der Waals surface area contributed by atoms with Crippen LogP contribution >= 0.6 is 0 Å². The Labute approximate surface area is 62.7 Å². The molecule has 2 unspecified atom stereocenters. The fourth-order valence-electron chi connectivity index (χ4n) is 1.22. The molecule has 0 bridgehead atoms. The molecule has 0 aromatic heterocycles. The van der Waals surface area contributed by atoms with Crippen molar-refractivity contribution in [2.75, 3.05) is 7.11 Å². The van der Waals surface area contributed by atoms with Crippen LogP contribution in [0.3, 0.4) is 0 Å². The van der Waals surface area contributed by atoms with Gasteiger partial charge in [-0.2, -0.15) is 0 Å². The van der Waals surface area contributed by atoms with E-state index in [1.165, 1.54) is 6.42 Å². The smallest absolute Gasteiger partial charge is 0.0626 e. The summed E-state index contributed by atoms with van der Waals surface area (Å²) < 4.78 is 5.28. The lowest BCUT2D eigenvalue weighted by Gasteiger charge is -2.22. The predicted octanol–water partition coefficient (Wildman–Crippen LogP) is 1.15. The zero-order chi connectivity index (χ0) is 7.78. The zero-order valence-electron chi connectivity index (χ0n) is 7.05. The van der Waals surface area contributed by atoms with Gasteiger partial charge in [0.1, 0.15) is 0 Å². The summed E-state index contributed by atoms with van der Waals surface area (Å²) in [6, 6.07) is 0.453. The van der Waals surface area contributed by atoms with Gasteiger partial charge in [-0.3, -0.25) is 0 Å². The molecule has 1 aliphatic rings. The van der Waals surface area contributed by atoms with E-state index in [9.17, 15) is 0 Å². The van der Waals surface area contributed by atoms with E-state index in [1.54, 1.807) is 7.11 Å². The molecule has 0 heterocycles. The van der Waals surface area contributed by atoms with Crippen molar-refractivity contribution in [3.05, 3.63) is 0 Å². The van der Waals surface area contributed by atoms with E-state index in [2.05, 4.69) is 13.8 Å². The lowest BCUT2D eigenvalue weighted by Crippen LogP contribution is -2.24. The van der Waals surface area contributed by atoms with Gasteiger partial charge < -0.3 is 10.5 Å². The van der Waals surface area contributed by atoms with Gasteiger partial charge in [-0.1, -0.05) is 0 Å². The van der Waals surface area contributed by atoms with E-state index in [4.69, 9.17) is 10.5 Å². The molecule has 1 fully saturated rings. The highest BCUT2D eigenvalue weighted by molar-refractivity contribution is 4.93. The van der Waals surface area contributed by atoms with Gasteiger partial charge in [-0.15, -0.1) is 0 Å². The van der Waals surface area contributed by atoms with Gasteiger partial charge >= 0.3 is 0 Å². The fraction of sp³-hybridized carbons (Fsp3) is 1.00. The normalized spacial score (nSPS) is 32.4. The maximum absolute atomic E-state index is 5.67. The summed E-state index contributed by atoms with van der Waals surface area (Å²) in [5, 5.41) is 0. The molecule has 0 aliphatic heterocycles. The van der Waals surface area contributed by atoms with Crippen molar-refractivity contribution < 1.29 is 4.74 Å². The maximum Gasteiger partial charge on any atom is 0.0626 e. The molecule has 0 saturated heterocycles. The van der Waals surface area contributed by atoms with Crippen LogP contribution in [0.4, 0.5) is 0 Å². The number of methoxy groups -OCH3 is 1. The maximum atomic E-state index is 5.67. The van der Waals surface area contributed by atoms with Gasteiger partial charge in [0.15, 0.2) is 0 Å². The first-order chi connectivity index (χ1) is 4.55. The van der Waals surface area contributed by atoms with Gasteiger partial charge in [-0.25, -0.2) is 0 Å². The van der Waals surface area contributed by atoms with Crippen LogP contribution in [0.15, 0.2) is 0 Å². The number of ether oxygens (including phenoxy) is 1. The van der Waals surface area contributed by atoms with Crippen LogP contribution in [-0.2, 0) is 4.74 Å². The van der Waals surface area contributed by atoms with Crippen molar-refractivity contribution in [1.29, 1.82) is 0 Å².